The van der Waals surface area contributed by atoms with Gasteiger partial charge in [-0.25, -0.2) is 0 Å². The lowest BCUT2D eigenvalue weighted by Crippen LogP contribution is -2.14. The van der Waals surface area contributed by atoms with Gasteiger partial charge >= 0.3 is 0 Å². The van der Waals surface area contributed by atoms with Crippen molar-refractivity contribution in [2.75, 3.05) is 6.54 Å². The summed E-state index contributed by atoms with van der Waals surface area (Å²) in [6.07, 6.45) is 6.57. The fourth-order valence-electron chi connectivity index (χ4n) is 1.84. The summed E-state index contributed by atoms with van der Waals surface area (Å²) in [5, 5.41) is 12.2. The second-order valence-corrected chi connectivity index (χ2v) is 4.40. The topological polar surface area (TPSA) is 35.8 Å². The second kappa shape index (κ2) is 8.78. The summed E-state index contributed by atoms with van der Waals surface area (Å²) in [4.78, 5) is 0. The first-order chi connectivity index (χ1) is 8.36. The highest BCUT2D eigenvalue weighted by atomic mass is 14.8. The summed E-state index contributed by atoms with van der Waals surface area (Å²) >= 11 is 0. The summed E-state index contributed by atoms with van der Waals surface area (Å²) < 4.78 is 0. The van der Waals surface area contributed by atoms with Gasteiger partial charge < -0.3 is 5.32 Å². The number of nitriles is 1. The average Bonchev–Trinajstić information content (AvgIpc) is 2.38. The smallest absolute Gasteiger partial charge is 0.0991 e. The van der Waals surface area contributed by atoms with Crippen LogP contribution in [0.2, 0.25) is 0 Å². The van der Waals surface area contributed by atoms with E-state index in [4.69, 9.17) is 5.26 Å². The molecule has 1 aromatic carbocycles. The van der Waals surface area contributed by atoms with E-state index in [0.717, 1.165) is 18.7 Å². The van der Waals surface area contributed by atoms with Crippen LogP contribution >= 0.6 is 0 Å². The number of unbranched alkanes of at least 4 members (excludes halogenated alkanes) is 4. The van der Waals surface area contributed by atoms with Gasteiger partial charge in [-0.05, 0) is 30.7 Å². The summed E-state index contributed by atoms with van der Waals surface area (Å²) in [7, 11) is 0. The molecule has 0 aromatic heterocycles. The predicted octanol–water partition coefficient (Wildman–Crippen LogP) is 3.62. The van der Waals surface area contributed by atoms with Gasteiger partial charge in [-0.2, -0.15) is 5.26 Å². The lowest BCUT2D eigenvalue weighted by Gasteiger charge is -2.05. The minimum absolute atomic E-state index is 0.743. The van der Waals surface area contributed by atoms with Crippen LogP contribution in [0.4, 0.5) is 0 Å². The van der Waals surface area contributed by atoms with Crippen molar-refractivity contribution in [3.8, 4) is 6.07 Å². The molecule has 2 nitrogen and oxygen atoms in total. The number of nitrogens with zero attached hydrogens (tertiary/aromatic N) is 1. The van der Waals surface area contributed by atoms with E-state index in [2.05, 4.69) is 24.4 Å². The molecular weight excluding hydrogens is 208 g/mol. The van der Waals surface area contributed by atoms with Gasteiger partial charge in [0.05, 0.1) is 11.6 Å². The molecule has 0 atom stereocenters. The van der Waals surface area contributed by atoms with E-state index in [0.29, 0.717) is 0 Å². The Kier molecular flexibility index (Phi) is 7.09. The van der Waals surface area contributed by atoms with Crippen LogP contribution in [0.5, 0.6) is 0 Å². The zero-order chi connectivity index (χ0) is 12.3. The Hall–Kier alpha value is -1.33. The normalized spacial score (nSPS) is 10.1. The van der Waals surface area contributed by atoms with Gasteiger partial charge in [0.2, 0.25) is 0 Å². The van der Waals surface area contributed by atoms with Crippen molar-refractivity contribution < 1.29 is 0 Å². The highest BCUT2D eigenvalue weighted by molar-refractivity contribution is 5.32. The molecular formula is C15H22N2. The molecule has 0 saturated heterocycles. The van der Waals surface area contributed by atoms with Crippen molar-refractivity contribution in [2.24, 2.45) is 0 Å². The van der Waals surface area contributed by atoms with E-state index in [-0.39, 0.29) is 0 Å². The summed E-state index contributed by atoms with van der Waals surface area (Å²) in [5.74, 6) is 0. The van der Waals surface area contributed by atoms with Crippen LogP contribution in [0.15, 0.2) is 24.3 Å². The Labute approximate surface area is 105 Å². The summed E-state index contributed by atoms with van der Waals surface area (Å²) in [6.45, 7) is 4.17. The molecule has 0 fully saturated rings. The Bertz CT molecular complexity index is 352. The zero-order valence-corrected chi connectivity index (χ0v) is 10.7. The third kappa shape index (κ3) is 6.09. The zero-order valence-electron chi connectivity index (χ0n) is 10.7. The van der Waals surface area contributed by atoms with Gasteiger partial charge in [-0.3, -0.25) is 0 Å². The van der Waals surface area contributed by atoms with Crippen LogP contribution < -0.4 is 5.32 Å². The number of nitrogens with one attached hydrogen (secondary N) is 1. The van der Waals surface area contributed by atoms with Crippen LogP contribution in [0.1, 0.15) is 50.2 Å². The highest BCUT2D eigenvalue weighted by Gasteiger charge is 1.95. The molecule has 0 aliphatic rings. The Morgan fingerprint density at radius 3 is 2.76 bits per heavy atom. The standard InChI is InChI=1S/C15H22N2/c1-2-3-4-5-6-10-17-13-15-9-7-8-14(11-15)12-16/h7-9,11,17H,2-6,10,13H2,1H3. The molecule has 2 heteroatoms. The fraction of sp³-hybridized carbons (Fsp3) is 0.533. The molecule has 0 amide bonds. The van der Waals surface area contributed by atoms with Crippen molar-refractivity contribution in [1.29, 1.82) is 5.26 Å². The Morgan fingerprint density at radius 2 is 2.00 bits per heavy atom. The SMILES string of the molecule is CCCCCCCNCc1cccc(C#N)c1. The van der Waals surface area contributed by atoms with E-state index in [1.54, 1.807) is 0 Å². The molecule has 0 spiro atoms. The molecule has 1 rings (SSSR count). The minimum Gasteiger partial charge on any atom is -0.313 e. The predicted molar refractivity (Wildman–Crippen MR) is 71.6 cm³/mol. The van der Waals surface area contributed by atoms with Crippen LogP contribution in [0.3, 0.4) is 0 Å². The molecule has 1 N–H and O–H groups in total. The average molecular weight is 230 g/mol. The molecule has 0 aliphatic heterocycles. The first kappa shape index (κ1) is 13.7. The third-order valence-corrected chi connectivity index (χ3v) is 2.84. The number of hydrogen-bond donors (Lipinski definition) is 1. The highest BCUT2D eigenvalue weighted by Crippen LogP contribution is 2.04. The van der Waals surface area contributed by atoms with E-state index < -0.39 is 0 Å². The first-order valence-electron chi connectivity index (χ1n) is 6.56. The molecule has 92 valence electrons. The molecule has 0 radical (unpaired) electrons. The van der Waals surface area contributed by atoms with Crippen LogP contribution in [-0.2, 0) is 6.54 Å². The van der Waals surface area contributed by atoms with Gasteiger partial charge in [0.1, 0.15) is 0 Å². The molecule has 0 saturated carbocycles. The minimum atomic E-state index is 0.743. The van der Waals surface area contributed by atoms with Crippen LogP contribution in [0.25, 0.3) is 0 Å². The summed E-state index contributed by atoms with van der Waals surface area (Å²) in [6, 6.07) is 9.96. The van der Waals surface area contributed by atoms with Crippen LogP contribution in [-0.4, -0.2) is 6.54 Å². The quantitative estimate of drug-likeness (QED) is 0.692. The van der Waals surface area contributed by atoms with Gasteiger partial charge in [0, 0.05) is 6.54 Å². The maximum Gasteiger partial charge on any atom is 0.0991 e. The molecule has 0 heterocycles. The number of hydrogen-bond acceptors (Lipinski definition) is 2. The molecule has 1 aromatic rings. The van der Waals surface area contributed by atoms with Crippen molar-refractivity contribution in [2.45, 2.75) is 45.6 Å². The Morgan fingerprint density at radius 1 is 1.18 bits per heavy atom. The van der Waals surface area contributed by atoms with Gasteiger partial charge in [0.15, 0.2) is 0 Å². The largest absolute Gasteiger partial charge is 0.313 e. The van der Waals surface area contributed by atoms with Crippen molar-refractivity contribution in [1.82, 2.24) is 5.32 Å². The Balaban J connectivity index is 2.12. The number of benzene rings is 1. The van der Waals surface area contributed by atoms with Gasteiger partial charge in [-0.1, -0.05) is 44.7 Å². The van der Waals surface area contributed by atoms with Gasteiger partial charge in [-0.15, -0.1) is 0 Å². The van der Waals surface area contributed by atoms with Crippen molar-refractivity contribution >= 4 is 0 Å². The molecule has 0 unspecified atom stereocenters. The molecule has 17 heavy (non-hydrogen) atoms. The fourth-order valence-corrected chi connectivity index (χ4v) is 1.84. The van der Waals surface area contributed by atoms with Crippen LogP contribution in [0, 0.1) is 11.3 Å². The third-order valence-electron chi connectivity index (χ3n) is 2.84. The summed E-state index contributed by atoms with van der Waals surface area (Å²) in [5.41, 5.74) is 1.94. The van der Waals surface area contributed by atoms with Crippen molar-refractivity contribution in [3.63, 3.8) is 0 Å². The van der Waals surface area contributed by atoms with Crippen molar-refractivity contribution in [3.05, 3.63) is 35.4 Å². The van der Waals surface area contributed by atoms with E-state index in [9.17, 15) is 0 Å². The molecule has 0 bridgehead atoms. The maximum absolute atomic E-state index is 8.78. The lowest BCUT2D eigenvalue weighted by atomic mass is 10.1. The second-order valence-electron chi connectivity index (χ2n) is 4.40. The van der Waals surface area contributed by atoms with E-state index in [1.165, 1.54) is 37.7 Å². The monoisotopic (exact) mass is 230 g/mol. The molecule has 0 aliphatic carbocycles. The lowest BCUT2D eigenvalue weighted by molar-refractivity contribution is 0.583. The van der Waals surface area contributed by atoms with Gasteiger partial charge in [0.25, 0.3) is 0 Å². The first-order valence-corrected chi connectivity index (χ1v) is 6.56. The van der Waals surface area contributed by atoms with E-state index in [1.807, 2.05) is 18.2 Å². The number of rotatable bonds is 8. The maximum atomic E-state index is 8.78. The van der Waals surface area contributed by atoms with E-state index >= 15 is 0 Å².